The van der Waals surface area contributed by atoms with Crippen molar-refractivity contribution in [2.45, 2.75) is 14.9 Å². The molecule has 0 aliphatic heterocycles. The van der Waals surface area contributed by atoms with E-state index in [0.29, 0.717) is 10.0 Å². The molecular formula is C18H13ClN4OS2. The molecule has 1 N–H and O–H groups in total. The second-order valence-electron chi connectivity index (χ2n) is 5.48. The summed E-state index contributed by atoms with van der Waals surface area (Å²) < 4.78 is 11.6. The zero-order chi connectivity index (χ0) is 18.1. The van der Waals surface area contributed by atoms with Crippen molar-refractivity contribution < 1.29 is 4.21 Å². The maximum absolute atomic E-state index is 11.6. The monoisotopic (exact) mass is 400 g/mol. The summed E-state index contributed by atoms with van der Waals surface area (Å²) in [6.45, 7) is 0. The number of hydrogen-bond acceptors (Lipinski definition) is 5. The minimum absolute atomic E-state index is 0.552. The summed E-state index contributed by atoms with van der Waals surface area (Å²) in [4.78, 5) is 17.5. The second-order valence-corrected chi connectivity index (χ2v) is 8.28. The molecule has 8 heteroatoms. The number of fused-ring (bicyclic) bond motifs is 1. The van der Waals surface area contributed by atoms with Crippen molar-refractivity contribution in [2.75, 3.05) is 6.26 Å². The van der Waals surface area contributed by atoms with Crippen molar-refractivity contribution in [3.8, 4) is 11.3 Å². The van der Waals surface area contributed by atoms with Crippen LogP contribution in [0.3, 0.4) is 0 Å². The summed E-state index contributed by atoms with van der Waals surface area (Å²) in [5, 5.41) is 2.99. The molecule has 0 spiro atoms. The molecule has 0 saturated carbocycles. The second kappa shape index (κ2) is 7.19. The zero-order valence-electron chi connectivity index (χ0n) is 13.6. The van der Waals surface area contributed by atoms with Gasteiger partial charge in [0.05, 0.1) is 21.5 Å². The number of halogens is 1. The first-order valence-electron chi connectivity index (χ1n) is 7.68. The van der Waals surface area contributed by atoms with Gasteiger partial charge in [0.2, 0.25) is 0 Å². The van der Waals surface area contributed by atoms with E-state index in [4.69, 9.17) is 11.6 Å². The van der Waals surface area contributed by atoms with Crippen molar-refractivity contribution >= 4 is 45.2 Å². The van der Waals surface area contributed by atoms with E-state index in [2.05, 4.69) is 19.9 Å². The first-order valence-corrected chi connectivity index (χ1v) is 10.4. The number of H-pyrrole nitrogens is 1. The van der Waals surface area contributed by atoms with Gasteiger partial charge in [-0.05, 0) is 36.4 Å². The standard InChI is InChI=1S/C18H13ClN4OS2/c1-26(24)15-7-4-11(9-22-15)16-17(13-3-2-8-20-18(13)23-16)25-14-6-5-12(19)10-21-14/h2-10H,1H3,(H,20,23). The minimum Gasteiger partial charge on any atom is -0.338 e. The number of aromatic amines is 1. The van der Waals surface area contributed by atoms with Gasteiger partial charge in [-0.25, -0.2) is 15.0 Å². The SMILES string of the molecule is CS(=O)c1ccc(-c2[nH]c3ncccc3c2Sc2ccc(Cl)cn2)cn1. The van der Waals surface area contributed by atoms with E-state index in [1.54, 1.807) is 30.9 Å². The van der Waals surface area contributed by atoms with Crippen LogP contribution in [0.15, 0.2) is 69.9 Å². The third kappa shape index (κ3) is 3.38. The molecule has 4 rings (SSSR count). The third-order valence-electron chi connectivity index (χ3n) is 3.75. The molecule has 4 aromatic rings. The van der Waals surface area contributed by atoms with E-state index >= 15 is 0 Å². The molecule has 0 aliphatic carbocycles. The number of nitrogens with zero attached hydrogens (tertiary/aromatic N) is 3. The highest BCUT2D eigenvalue weighted by Gasteiger charge is 2.16. The largest absolute Gasteiger partial charge is 0.338 e. The number of rotatable bonds is 4. The first-order chi connectivity index (χ1) is 12.6. The number of pyridine rings is 3. The summed E-state index contributed by atoms with van der Waals surface area (Å²) in [5.74, 6) is 0. The molecule has 5 nitrogen and oxygen atoms in total. The zero-order valence-corrected chi connectivity index (χ0v) is 16.0. The van der Waals surface area contributed by atoms with Gasteiger partial charge in [-0.15, -0.1) is 0 Å². The lowest BCUT2D eigenvalue weighted by molar-refractivity contribution is 0.684. The van der Waals surface area contributed by atoms with Gasteiger partial charge in [0, 0.05) is 40.7 Å². The fourth-order valence-electron chi connectivity index (χ4n) is 2.53. The Labute approximate surface area is 161 Å². The Morgan fingerprint density at radius 3 is 2.65 bits per heavy atom. The van der Waals surface area contributed by atoms with Crippen LogP contribution in [0.2, 0.25) is 5.02 Å². The Bertz CT molecular complexity index is 1090. The van der Waals surface area contributed by atoms with Crippen LogP contribution in [-0.4, -0.2) is 30.4 Å². The fourth-order valence-corrected chi connectivity index (χ4v) is 4.10. The number of hydrogen-bond donors (Lipinski definition) is 1. The van der Waals surface area contributed by atoms with Crippen molar-refractivity contribution in [3.05, 3.63) is 60.0 Å². The minimum atomic E-state index is -1.11. The van der Waals surface area contributed by atoms with Gasteiger partial charge in [0.25, 0.3) is 0 Å². The van der Waals surface area contributed by atoms with Crippen LogP contribution in [0, 0.1) is 0 Å². The van der Waals surface area contributed by atoms with Gasteiger partial charge >= 0.3 is 0 Å². The molecule has 0 aromatic carbocycles. The van der Waals surface area contributed by atoms with Gasteiger partial charge in [-0.2, -0.15) is 0 Å². The van der Waals surface area contributed by atoms with Gasteiger partial charge in [0.1, 0.15) is 15.7 Å². The normalized spacial score (nSPS) is 12.4. The van der Waals surface area contributed by atoms with E-state index in [0.717, 1.165) is 32.2 Å². The van der Waals surface area contributed by atoms with Gasteiger partial charge in [-0.3, -0.25) is 4.21 Å². The predicted molar refractivity (Wildman–Crippen MR) is 105 cm³/mol. The van der Waals surface area contributed by atoms with Crippen LogP contribution >= 0.6 is 23.4 Å². The molecule has 130 valence electrons. The Kier molecular flexibility index (Phi) is 4.76. The highest BCUT2D eigenvalue weighted by atomic mass is 35.5. The van der Waals surface area contributed by atoms with E-state index in [9.17, 15) is 4.21 Å². The predicted octanol–water partition coefficient (Wildman–Crippen LogP) is 4.56. The maximum atomic E-state index is 11.6. The molecule has 1 atom stereocenters. The molecule has 4 heterocycles. The Hall–Kier alpha value is -2.22. The highest BCUT2D eigenvalue weighted by molar-refractivity contribution is 7.99. The van der Waals surface area contributed by atoms with Crippen LogP contribution in [-0.2, 0) is 10.8 Å². The van der Waals surface area contributed by atoms with E-state index < -0.39 is 10.8 Å². The highest BCUT2D eigenvalue weighted by Crippen LogP contribution is 2.40. The molecule has 0 amide bonds. The van der Waals surface area contributed by atoms with Crippen LogP contribution in [0.5, 0.6) is 0 Å². The van der Waals surface area contributed by atoms with Gasteiger partial charge in [-0.1, -0.05) is 23.4 Å². The lowest BCUT2D eigenvalue weighted by Gasteiger charge is -2.05. The summed E-state index contributed by atoms with van der Waals surface area (Å²) in [7, 11) is -1.11. The van der Waals surface area contributed by atoms with Crippen LogP contribution in [0.1, 0.15) is 0 Å². The fraction of sp³-hybridized carbons (Fsp3) is 0.0556. The van der Waals surface area contributed by atoms with Crippen LogP contribution in [0.4, 0.5) is 0 Å². The summed E-state index contributed by atoms with van der Waals surface area (Å²) in [6, 6.07) is 11.3. The van der Waals surface area contributed by atoms with E-state index in [-0.39, 0.29) is 0 Å². The van der Waals surface area contributed by atoms with Gasteiger partial charge in [0.15, 0.2) is 0 Å². The number of aromatic nitrogens is 4. The lowest BCUT2D eigenvalue weighted by Crippen LogP contribution is -1.92. The molecule has 1 unspecified atom stereocenters. The van der Waals surface area contributed by atoms with E-state index in [1.807, 2.05) is 30.3 Å². The smallest absolute Gasteiger partial charge is 0.138 e. The Balaban J connectivity index is 1.83. The maximum Gasteiger partial charge on any atom is 0.138 e. The van der Waals surface area contributed by atoms with Crippen LogP contribution in [0.25, 0.3) is 22.3 Å². The van der Waals surface area contributed by atoms with E-state index in [1.165, 1.54) is 11.8 Å². The van der Waals surface area contributed by atoms with Crippen LogP contribution < -0.4 is 0 Å². The first kappa shape index (κ1) is 17.2. The summed E-state index contributed by atoms with van der Waals surface area (Å²) in [6.07, 6.45) is 6.71. The molecule has 0 aliphatic rings. The van der Waals surface area contributed by atoms with Crippen molar-refractivity contribution in [1.82, 2.24) is 19.9 Å². The number of nitrogens with one attached hydrogen (secondary N) is 1. The van der Waals surface area contributed by atoms with Crippen molar-refractivity contribution in [1.29, 1.82) is 0 Å². The molecule has 26 heavy (non-hydrogen) atoms. The summed E-state index contributed by atoms with van der Waals surface area (Å²) in [5.41, 5.74) is 2.59. The molecule has 0 bridgehead atoms. The Morgan fingerprint density at radius 1 is 1.08 bits per heavy atom. The molecular weight excluding hydrogens is 388 g/mol. The average molecular weight is 401 g/mol. The average Bonchev–Trinajstić information content (AvgIpc) is 3.02. The molecule has 4 aromatic heterocycles. The summed E-state index contributed by atoms with van der Waals surface area (Å²) >= 11 is 7.47. The quantitative estimate of drug-likeness (QED) is 0.543. The topological polar surface area (TPSA) is 71.5 Å². The Morgan fingerprint density at radius 2 is 1.96 bits per heavy atom. The molecule has 0 radical (unpaired) electrons. The van der Waals surface area contributed by atoms with Gasteiger partial charge < -0.3 is 4.98 Å². The van der Waals surface area contributed by atoms with Crippen molar-refractivity contribution in [2.24, 2.45) is 0 Å². The molecule has 0 fully saturated rings. The molecule has 0 saturated heterocycles. The van der Waals surface area contributed by atoms with Crippen molar-refractivity contribution in [3.63, 3.8) is 0 Å². The third-order valence-corrected chi connectivity index (χ3v) is 5.88. The lowest BCUT2D eigenvalue weighted by atomic mass is 10.2.